The third kappa shape index (κ3) is 5.14. The summed E-state index contributed by atoms with van der Waals surface area (Å²) in [6, 6.07) is 2.21. The fourth-order valence-electron chi connectivity index (χ4n) is 5.67. The highest BCUT2D eigenvalue weighted by Gasteiger charge is 2.38. The molecule has 11 heteroatoms. The molecule has 1 saturated carbocycles. The molecule has 38 heavy (non-hydrogen) atoms. The number of nitrogens with zero attached hydrogens (tertiary/aromatic N) is 6. The van der Waals surface area contributed by atoms with E-state index in [2.05, 4.69) is 21.5 Å². The van der Waals surface area contributed by atoms with Gasteiger partial charge in [0.1, 0.15) is 5.54 Å². The van der Waals surface area contributed by atoms with Gasteiger partial charge in [0.15, 0.2) is 0 Å². The van der Waals surface area contributed by atoms with Gasteiger partial charge < -0.3 is 25.2 Å². The zero-order valence-electron chi connectivity index (χ0n) is 22.7. The minimum absolute atomic E-state index is 0.0514. The van der Waals surface area contributed by atoms with Crippen LogP contribution in [-0.2, 0) is 15.1 Å². The van der Waals surface area contributed by atoms with Gasteiger partial charge in [-0.3, -0.25) is 9.48 Å². The Morgan fingerprint density at radius 3 is 2.63 bits per heavy atom. The van der Waals surface area contributed by atoms with Crippen LogP contribution in [0.4, 0.5) is 5.95 Å². The lowest BCUT2D eigenvalue weighted by Crippen LogP contribution is -2.46. The SMILES string of the molecule is COC[C@H](C)Nc1ncc2c(-c3cnn(C(C)(C)C(=O)N4CC[C@@H](O)C4)c3)cc([C@H]3CC[C@H](O)CC3)n2n1. The minimum atomic E-state index is -0.898. The van der Waals surface area contributed by atoms with E-state index in [0.29, 0.717) is 32.1 Å². The molecular formula is C27H39N7O4. The van der Waals surface area contributed by atoms with Crippen molar-refractivity contribution in [3.05, 3.63) is 30.4 Å². The maximum Gasteiger partial charge on any atom is 0.250 e. The summed E-state index contributed by atoms with van der Waals surface area (Å²) in [5, 5.41) is 32.7. The lowest BCUT2D eigenvalue weighted by Gasteiger charge is -2.29. The predicted molar refractivity (Wildman–Crippen MR) is 143 cm³/mol. The lowest BCUT2D eigenvalue weighted by atomic mass is 9.85. The normalized spacial score (nSPS) is 23.2. The van der Waals surface area contributed by atoms with Crippen molar-refractivity contribution >= 4 is 17.4 Å². The molecule has 5 rings (SSSR count). The number of methoxy groups -OCH3 is 1. The number of hydrogen-bond donors (Lipinski definition) is 3. The highest BCUT2D eigenvalue weighted by molar-refractivity contribution is 5.85. The number of nitrogens with one attached hydrogen (secondary N) is 1. The number of aromatic nitrogens is 5. The van der Waals surface area contributed by atoms with Crippen LogP contribution in [0.25, 0.3) is 16.6 Å². The summed E-state index contributed by atoms with van der Waals surface area (Å²) in [6.45, 7) is 7.18. The van der Waals surface area contributed by atoms with Crippen molar-refractivity contribution in [3.63, 3.8) is 0 Å². The van der Waals surface area contributed by atoms with Gasteiger partial charge in [-0.2, -0.15) is 5.10 Å². The topological polar surface area (TPSA) is 130 Å². The molecule has 206 valence electrons. The molecule has 2 aliphatic rings. The average molecular weight is 526 g/mol. The van der Waals surface area contributed by atoms with Gasteiger partial charge in [0.05, 0.1) is 36.7 Å². The second kappa shape index (κ2) is 10.6. The Balaban J connectivity index is 1.49. The first-order valence-corrected chi connectivity index (χ1v) is 13.5. The molecule has 3 aromatic heterocycles. The summed E-state index contributed by atoms with van der Waals surface area (Å²) in [6.07, 6.45) is 8.73. The fraction of sp³-hybridized carbons (Fsp3) is 0.630. The third-order valence-corrected chi connectivity index (χ3v) is 7.89. The second-order valence-electron chi connectivity index (χ2n) is 11.3. The number of hydrogen-bond acceptors (Lipinski definition) is 8. The monoisotopic (exact) mass is 525 g/mol. The van der Waals surface area contributed by atoms with Crippen LogP contribution < -0.4 is 5.32 Å². The maximum absolute atomic E-state index is 13.3. The first kappa shape index (κ1) is 26.6. The van der Waals surface area contributed by atoms with Gasteiger partial charge in [-0.15, -0.1) is 5.10 Å². The van der Waals surface area contributed by atoms with Crippen LogP contribution in [0.15, 0.2) is 24.7 Å². The molecule has 3 N–H and O–H groups in total. The number of aliphatic hydroxyl groups is 2. The highest BCUT2D eigenvalue weighted by Crippen LogP contribution is 2.38. The van der Waals surface area contributed by atoms with E-state index in [0.717, 1.165) is 48.0 Å². The number of carbonyl (C=O) groups is 1. The second-order valence-corrected chi connectivity index (χ2v) is 11.3. The summed E-state index contributed by atoms with van der Waals surface area (Å²) < 4.78 is 8.91. The Kier molecular flexibility index (Phi) is 7.43. The van der Waals surface area contributed by atoms with E-state index in [-0.39, 0.29) is 24.0 Å². The Morgan fingerprint density at radius 1 is 1.18 bits per heavy atom. The number of likely N-dealkylation sites (tertiary alicyclic amines) is 1. The molecule has 1 saturated heterocycles. The first-order valence-electron chi connectivity index (χ1n) is 13.5. The standard InChI is InChI=1S/C27H39N7O4/c1-17(16-38-4)30-26-28-13-24-22(11-23(34(24)31-26)18-5-7-20(35)8-6-18)19-12-29-33(14-19)27(2,3)25(37)32-10-9-21(36)15-32/h11-14,17-18,20-21,35-36H,5-10,15-16H2,1-4H3,(H,30,31)/t17-,18-,20-,21+/m0/s1. The van der Waals surface area contributed by atoms with Crippen molar-refractivity contribution in [2.45, 2.75) is 82.6 Å². The molecule has 2 atom stereocenters. The van der Waals surface area contributed by atoms with E-state index in [1.807, 2.05) is 37.7 Å². The van der Waals surface area contributed by atoms with Crippen molar-refractivity contribution < 1.29 is 19.7 Å². The molecule has 0 aromatic carbocycles. The van der Waals surface area contributed by atoms with E-state index >= 15 is 0 Å². The number of aliphatic hydroxyl groups excluding tert-OH is 2. The van der Waals surface area contributed by atoms with Crippen molar-refractivity contribution in [1.82, 2.24) is 29.3 Å². The summed E-state index contributed by atoms with van der Waals surface area (Å²) in [5.41, 5.74) is 2.88. The van der Waals surface area contributed by atoms with Crippen LogP contribution in [0.5, 0.6) is 0 Å². The molecule has 1 amide bonds. The number of ether oxygens (including phenoxy) is 1. The molecular weight excluding hydrogens is 486 g/mol. The molecule has 0 unspecified atom stereocenters. The predicted octanol–water partition coefficient (Wildman–Crippen LogP) is 2.39. The van der Waals surface area contributed by atoms with Crippen LogP contribution in [0.3, 0.4) is 0 Å². The van der Waals surface area contributed by atoms with E-state index in [9.17, 15) is 15.0 Å². The molecule has 0 radical (unpaired) electrons. The van der Waals surface area contributed by atoms with Crippen LogP contribution in [0.2, 0.25) is 0 Å². The Morgan fingerprint density at radius 2 is 1.95 bits per heavy atom. The molecule has 11 nitrogen and oxygen atoms in total. The lowest BCUT2D eigenvalue weighted by molar-refractivity contribution is -0.139. The van der Waals surface area contributed by atoms with Crippen LogP contribution in [0.1, 0.15) is 64.5 Å². The largest absolute Gasteiger partial charge is 0.393 e. The molecule has 4 heterocycles. The quantitative estimate of drug-likeness (QED) is 0.409. The van der Waals surface area contributed by atoms with Gasteiger partial charge in [0.25, 0.3) is 0 Å². The average Bonchev–Trinajstić information content (AvgIpc) is 3.63. The molecule has 1 aliphatic heterocycles. The zero-order valence-corrected chi connectivity index (χ0v) is 22.7. The number of amides is 1. The van der Waals surface area contributed by atoms with E-state index in [1.165, 1.54) is 0 Å². The fourth-order valence-corrected chi connectivity index (χ4v) is 5.67. The van der Waals surface area contributed by atoms with Gasteiger partial charge >= 0.3 is 0 Å². The first-order chi connectivity index (χ1) is 18.2. The number of β-amino-alcohol motifs (C(OH)–C–C–N with tert-alkyl or cyclic N) is 1. The number of rotatable bonds is 8. The van der Waals surface area contributed by atoms with E-state index < -0.39 is 11.6 Å². The molecule has 0 bridgehead atoms. The zero-order chi connectivity index (χ0) is 27.0. The van der Waals surface area contributed by atoms with Gasteiger partial charge in [-0.05, 0) is 58.9 Å². The number of anilines is 1. The van der Waals surface area contributed by atoms with Crippen molar-refractivity contribution in [2.24, 2.45) is 0 Å². The van der Waals surface area contributed by atoms with E-state index in [1.54, 1.807) is 22.9 Å². The van der Waals surface area contributed by atoms with Crippen molar-refractivity contribution in [2.75, 3.05) is 32.1 Å². The van der Waals surface area contributed by atoms with E-state index in [4.69, 9.17) is 9.84 Å². The molecule has 1 aliphatic carbocycles. The molecule has 3 aromatic rings. The van der Waals surface area contributed by atoms with Crippen molar-refractivity contribution in [1.29, 1.82) is 0 Å². The Bertz CT molecular complexity index is 1280. The minimum Gasteiger partial charge on any atom is -0.393 e. The highest BCUT2D eigenvalue weighted by atomic mass is 16.5. The third-order valence-electron chi connectivity index (χ3n) is 7.89. The summed E-state index contributed by atoms with van der Waals surface area (Å²) in [4.78, 5) is 19.6. The Labute approximate surface area is 222 Å². The van der Waals surface area contributed by atoms with Gasteiger partial charge in [0, 0.05) is 55.2 Å². The van der Waals surface area contributed by atoms with Crippen molar-refractivity contribution in [3.8, 4) is 11.1 Å². The van der Waals surface area contributed by atoms with Gasteiger partial charge in [0.2, 0.25) is 11.9 Å². The van der Waals surface area contributed by atoms with Crippen LogP contribution in [-0.4, -0.2) is 90.5 Å². The smallest absolute Gasteiger partial charge is 0.250 e. The van der Waals surface area contributed by atoms with Crippen LogP contribution >= 0.6 is 0 Å². The summed E-state index contributed by atoms with van der Waals surface area (Å²) >= 11 is 0. The molecule has 0 spiro atoms. The van der Waals surface area contributed by atoms with Gasteiger partial charge in [-0.1, -0.05) is 0 Å². The van der Waals surface area contributed by atoms with Crippen LogP contribution in [0, 0.1) is 0 Å². The summed E-state index contributed by atoms with van der Waals surface area (Å²) in [5.74, 6) is 0.737. The maximum atomic E-state index is 13.3. The number of carbonyl (C=O) groups excluding carboxylic acids is 1. The van der Waals surface area contributed by atoms with Gasteiger partial charge in [-0.25, -0.2) is 9.50 Å². The molecule has 2 fully saturated rings. The Hall–Kier alpha value is -3.02. The number of fused-ring (bicyclic) bond motifs is 1. The summed E-state index contributed by atoms with van der Waals surface area (Å²) in [7, 11) is 1.67.